The SMILES string of the molecule is Cc1ccc(N(c2ccccc2)c2ccc(/C(C#N)=C(\C#N)c3ccccc3)cc2)cc1. The summed E-state index contributed by atoms with van der Waals surface area (Å²) in [5.74, 6) is 0. The van der Waals surface area contributed by atoms with Crippen molar-refractivity contribution in [1.29, 1.82) is 10.5 Å². The Labute approximate surface area is 188 Å². The molecule has 0 unspecified atom stereocenters. The standard InChI is InChI=1S/C29H21N3/c1-22-12-16-26(17-13-22)32(25-10-6-3-7-11-25)27-18-14-24(15-19-27)29(21-31)28(20-30)23-8-4-2-5-9-23/h2-19H,1H3/b29-28+. The maximum atomic E-state index is 9.83. The Morgan fingerprint density at radius 2 is 0.938 bits per heavy atom. The van der Waals surface area contributed by atoms with E-state index in [-0.39, 0.29) is 0 Å². The molecule has 0 heterocycles. The van der Waals surface area contributed by atoms with E-state index >= 15 is 0 Å². The van der Waals surface area contributed by atoms with Crippen LogP contribution in [0.1, 0.15) is 16.7 Å². The number of aryl methyl sites for hydroxylation is 1. The maximum Gasteiger partial charge on any atom is 0.101 e. The zero-order valence-electron chi connectivity index (χ0n) is 17.7. The van der Waals surface area contributed by atoms with E-state index in [2.05, 4.69) is 60.4 Å². The van der Waals surface area contributed by atoms with E-state index in [1.807, 2.05) is 72.8 Å². The third kappa shape index (κ3) is 4.29. The third-order valence-corrected chi connectivity index (χ3v) is 5.26. The molecular weight excluding hydrogens is 390 g/mol. The Bertz CT molecular complexity index is 1310. The number of allylic oxidation sites excluding steroid dienone is 2. The van der Waals surface area contributed by atoms with Crippen molar-refractivity contribution in [1.82, 2.24) is 0 Å². The molecule has 0 aliphatic heterocycles. The van der Waals surface area contributed by atoms with Gasteiger partial charge in [0.15, 0.2) is 0 Å². The summed E-state index contributed by atoms with van der Waals surface area (Å²) in [6.07, 6.45) is 0. The number of rotatable bonds is 5. The highest BCUT2D eigenvalue weighted by Crippen LogP contribution is 2.35. The molecule has 0 aliphatic carbocycles. The highest BCUT2D eigenvalue weighted by Gasteiger charge is 2.15. The number of nitriles is 2. The van der Waals surface area contributed by atoms with Crippen molar-refractivity contribution in [2.24, 2.45) is 0 Å². The van der Waals surface area contributed by atoms with Gasteiger partial charge in [-0.3, -0.25) is 0 Å². The number of anilines is 3. The fourth-order valence-electron chi connectivity index (χ4n) is 3.63. The first-order valence-corrected chi connectivity index (χ1v) is 10.3. The highest BCUT2D eigenvalue weighted by molar-refractivity contribution is 6.02. The van der Waals surface area contributed by atoms with Gasteiger partial charge in [0.1, 0.15) is 12.1 Å². The van der Waals surface area contributed by atoms with Crippen LogP contribution < -0.4 is 4.90 Å². The van der Waals surface area contributed by atoms with Gasteiger partial charge in [-0.15, -0.1) is 0 Å². The number of hydrogen-bond donors (Lipinski definition) is 0. The van der Waals surface area contributed by atoms with Crippen LogP contribution in [0.25, 0.3) is 11.1 Å². The van der Waals surface area contributed by atoms with E-state index < -0.39 is 0 Å². The van der Waals surface area contributed by atoms with Crippen molar-refractivity contribution in [3.05, 3.63) is 126 Å². The van der Waals surface area contributed by atoms with E-state index in [9.17, 15) is 10.5 Å². The monoisotopic (exact) mass is 411 g/mol. The number of para-hydroxylation sites is 1. The van der Waals surface area contributed by atoms with Crippen molar-refractivity contribution in [3.63, 3.8) is 0 Å². The van der Waals surface area contributed by atoms with E-state index in [4.69, 9.17) is 0 Å². The summed E-state index contributed by atoms with van der Waals surface area (Å²) in [4.78, 5) is 2.17. The number of nitrogens with zero attached hydrogens (tertiary/aromatic N) is 3. The zero-order chi connectivity index (χ0) is 22.3. The molecule has 4 aromatic carbocycles. The van der Waals surface area contributed by atoms with Gasteiger partial charge in [0.05, 0.1) is 11.1 Å². The second-order valence-corrected chi connectivity index (χ2v) is 7.39. The Morgan fingerprint density at radius 3 is 1.44 bits per heavy atom. The summed E-state index contributed by atoms with van der Waals surface area (Å²) in [7, 11) is 0. The summed E-state index contributed by atoms with van der Waals surface area (Å²) >= 11 is 0. The van der Waals surface area contributed by atoms with E-state index in [1.54, 1.807) is 0 Å². The van der Waals surface area contributed by atoms with Crippen LogP contribution in [-0.2, 0) is 0 Å². The topological polar surface area (TPSA) is 50.8 Å². The van der Waals surface area contributed by atoms with Gasteiger partial charge in [0, 0.05) is 17.1 Å². The Morgan fingerprint density at radius 1 is 0.531 bits per heavy atom. The molecule has 0 N–H and O–H groups in total. The molecule has 0 spiro atoms. The van der Waals surface area contributed by atoms with Crippen LogP contribution in [0.2, 0.25) is 0 Å². The average molecular weight is 412 g/mol. The molecule has 32 heavy (non-hydrogen) atoms. The largest absolute Gasteiger partial charge is 0.311 e. The Balaban J connectivity index is 1.78. The van der Waals surface area contributed by atoms with E-state index in [0.29, 0.717) is 16.7 Å². The van der Waals surface area contributed by atoms with Crippen LogP contribution in [0, 0.1) is 29.6 Å². The molecule has 0 radical (unpaired) electrons. The summed E-state index contributed by atoms with van der Waals surface area (Å²) in [6.45, 7) is 2.07. The predicted molar refractivity (Wildman–Crippen MR) is 130 cm³/mol. The zero-order valence-corrected chi connectivity index (χ0v) is 17.7. The molecule has 0 saturated carbocycles. The molecule has 0 atom stereocenters. The van der Waals surface area contributed by atoms with Gasteiger partial charge in [-0.1, -0.05) is 78.4 Å². The summed E-state index contributed by atoms with van der Waals surface area (Å²) < 4.78 is 0. The predicted octanol–water partition coefficient (Wildman–Crippen LogP) is 7.42. The highest BCUT2D eigenvalue weighted by atomic mass is 15.1. The number of benzene rings is 4. The van der Waals surface area contributed by atoms with Crippen LogP contribution in [0.4, 0.5) is 17.1 Å². The second-order valence-electron chi connectivity index (χ2n) is 7.39. The fourth-order valence-corrected chi connectivity index (χ4v) is 3.63. The van der Waals surface area contributed by atoms with Crippen molar-refractivity contribution in [2.45, 2.75) is 6.92 Å². The van der Waals surface area contributed by atoms with Gasteiger partial charge in [-0.05, 0) is 54.4 Å². The van der Waals surface area contributed by atoms with Crippen molar-refractivity contribution in [2.75, 3.05) is 4.90 Å². The normalized spacial score (nSPS) is 11.1. The van der Waals surface area contributed by atoms with Crippen LogP contribution in [0.3, 0.4) is 0 Å². The molecule has 152 valence electrons. The quantitative estimate of drug-likeness (QED) is 0.253. The minimum absolute atomic E-state index is 0.367. The molecule has 4 aromatic rings. The molecule has 3 nitrogen and oxygen atoms in total. The van der Waals surface area contributed by atoms with Gasteiger partial charge in [-0.2, -0.15) is 10.5 Å². The third-order valence-electron chi connectivity index (χ3n) is 5.26. The average Bonchev–Trinajstić information content (AvgIpc) is 2.85. The lowest BCUT2D eigenvalue weighted by atomic mass is 9.96. The first kappa shape index (κ1) is 20.7. The molecule has 0 saturated heterocycles. The summed E-state index contributed by atoms with van der Waals surface area (Å²) in [5, 5.41) is 19.6. The van der Waals surface area contributed by atoms with Crippen LogP contribution in [0.15, 0.2) is 109 Å². The number of hydrogen-bond acceptors (Lipinski definition) is 3. The molecule has 0 aromatic heterocycles. The second kappa shape index (κ2) is 9.47. The lowest BCUT2D eigenvalue weighted by molar-refractivity contribution is 1.27. The van der Waals surface area contributed by atoms with Crippen molar-refractivity contribution in [3.8, 4) is 12.1 Å². The van der Waals surface area contributed by atoms with E-state index in [0.717, 1.165) is 22.6 Å². The van der Waals surface area contributed by atoms with Crippen LogP contribution in [-0.4, -0.2) is 0 Å². The molecule has 0 aliphatic rings. The minimum atomic E-state index is 0.367. The summed E-state index contributed by atoms with van der Waals surface area (Å²) in [6, 6.07) is 40.1. The fraction of sp³-hybridized carbons (Fsp3) is 0.0345. The lowest BCUT2D eigenvalue weighted by Crippen LogP contribution is -2.09. The van der Waals surface area contributed by atoms with Gasteiger partial charge in [-0.25, -0.2) is 0 Å². The first-order valence-electron chi connectivity index (χ1n) is 10.3. The maximum absolute atomic E-state index is 9.83. The van der Waals surface area contributed by atoms with Gasteiger partial charge < -0.3 is 4.90 Å². The molecule has 0 amide bonds. The van der Waals surface area contributed by atoms with Crippen molar-refractivity contribution < 1.29 is 0 Å². The van der Waals surface area contributed by atoms with Crippen LogP contribution in [0.5, 0.6) is 0 Å². The first-order chi connectivity index (χ1) is 15.7. The van der Waals surface area contributed by atoms with Crippen LogP contribution >= 0.6 is 0 Å². The van der Waals surface area contributed by atoms with Gasteiger partial charge >= 0.3 is 0 Å². The molecule has 0 fully saturated rings. The smallest absolute Gasteiger partial charge is 0.101 e. The molecule has 4 rings (SSSR count). The Kier molecular flexibility index (Phi) is 6.12. The van der Waals surface area contributed by atoms with Crippen molar-refractivity contribution >= 4 is 28.2 Å². The molecule has 3 heteroatoms. The molecular formula is C29H21N3. The Hall–Kier alpha value is -4.60. The van der Waals surface area contributed by atoms with Gasteiger partial charge in [0.2, 0.25) is 0 Å². The van der Waals surface area contributed by atoms with E-state index in [1.165, 1.54) is 5.56 Å². The summed E-state index contributed by atoms with van der Waals surface area (Å²) in [5.41, 5.74) is 6.46. The molecule has 0 bridgehead atoms. The minimum Gasteiger partial charge on any atom is -0.311 e. The van der Waals surface area contributed by atoms with Gasteiger partial charge in [0.25, 0.3) is 0 Å². The lowest BCUT2D eigenvalue weighted by Gasteiger charge is -2.25.